The Morgan fingerprint density at radius 3 is 2.70 bits per heavy atom. The molecule has 2 rings (SSSR count). The summed E-state index contributed by atoms with van der Waals surface area (Å²) < 4.78 is 10.6. The van der Waals surface area contributed by atoms with E-state index in [1.165, 1.54) is 0 Å². The molecule has 0 saturated carbocycles. The van der Waals surface area contributed by atoms with Crippen molar-refractivity contribution in [2.75, 3.05) is 19.5 Å². The van der Waals surface area contributed by atoms with E-state index in [0.29, 0.717) is 23.6 Å². The second-order valence-electron chi connectivity index (χ2n) is 5.99. The van der Waals surface area contributed by atoms with Crippen LogP contribution in [0.5, 0.6) is 11.5 Å². The summed E-state index contributed by atoms with van der Waals surface area (Å²) in [5.41, 5.74) is 1.72. The van der Waals surface area contributed by atoms with E-state index in [1.54, 1.807) is 25.6 Å². The number of allylic oxidation sites excluding steroid dienone is 2. The van der Waals surface area contributed by atoms with Crippen LogP contribution in [0.25, 0.3) is 0 Å². The fourth-order valence-electron chi connectivity index (χ4n) is 2.56. The number of nitriles is 1. The molecule has 6 heteroatoms. The van der Waals surface area contributed by atoms with Crippen molar-refractivity contribution in [3.63, 3.8) is 0 Å². The van der Waals surface area contributed by atoms with Gasteiger partial charge in [0.05, 0.1) is 25.8 Å². The van der Waals surface area contributed by atoms with Gasteiger partial charge in [0.25, 0.3) is 0 Å². The Hall–Kier alpha value is -2.78. The summed E-state index contributed by atoms with van der Waals surface area (Å²) in [6.07, 6.45) is 6.50. The molecule has 0 bridgehead atoms. The molecule has 0 aliphatic rings. The highest BCUT2D eigenvalue weighted by Gasteiger charge is 2.12. The Bertz CT molecular complexity index is 850. The highest BCUT2D eigenvalue weighted by molar-refractivity contribution is 7.16. The number of nitrogens with zero attached hydrogens (tertiary/aromatic N) is 2. The zero-order chi connectivity index (χ0) is 19.6. The molecule has 1 atom stereocenters. The maximum Gasteiger partial charge on any atom is 0.161 e. The minimum absolute atomic E-state index is 0.171. The minimum atomic E-state index is 0.171. The SMILES string of the molecule is C/C=C\C=NC(C)Cc1cc(C#N)c(NCc2ccc(OC)c(OC)c2)s1. The number of hydrogen-bond donors (Lipinski definition) is 1. The van der Waals surface area contributed by atoms with Crippen molar-refractivity contribution in [1.29, 1.82) is 5.26 Å². The number of methoxy groups -OCH3 is 2. The van der Waals surface area contributed by atoms with Crippen LogP contribution in [0.1, 0.15) is 29.9 Å². The Kier molecular flexibility index (Phi) is 7.90. The second-order valence-corrected chi connectivity index (χ2v) is 7.12. The van der Waals surface area contributed by atoms with Gasteiger partial charge in [0.1, 0.15) is 11.1 Å². The molecular weight excluding hydrogens is 358 g/mol. The highest BCUT2D eigenvalue weighted by Crippen LogP contribution is 2.31. The summed E-state index contributed by atoms with van der Waals surface area (Å²) in [5.74, 6) is 1.39. The zero-order valence-corrected chi connectivity index (χ0v) is 17.0. The molecule has 0 aliphatic carbocycles. The molecule has 5 nitrogen and oxygen atoms in total. The van der Waals surface area contributed by atoms with Gasteiger partial charge in [-0.25, -0.2) is 0 Å². The van der Waals surface area contributed by atoms with Crippen LogP contribution in [0.2, 0.25) is 0 Å². The Morgan fingerprint density at radius 1 is 1.26 bits per heavy atom. The molecule has 1 aromatic heterocycles. The van der Waals surface area contributed by atoms with E-state index in [0.717, 1.165) is 21.9 Å². The molecule has 0 amide bonds. The van der Waals surface area contributed by atoms with Crippen LogP contribution in [0.4, 0.5) is 5.00 Å². The lowest BCUT2D eigenvalue weighted by molar-refractivity contribution is 0.354. The molecule has 1 unspecified atom stereocenters. The maximum atomic E-state index is 9.43. The molecule has 1 aromatic carbocycles. The third-order valence-corrected chi connectivity index (χ3v) is 5.04. The number of ether oxygens (including phenoxy) is 2. The van der Waals surface area contributed by atoms with Crippen LogP contribution in [0.15, 0.2) is 41.4 Å². The standard InChI is InChI=1S/C21H25N3O2S/c1-5-6-9-23-15(2)10-18-12-17(13-22)21(27-18)24-14-16-7-8-19(25-3)20(11-16)26-4/h5-9,11-12,15,24H,10,14H2,1-4H3/b6-5-,23-9?. The lowest BCUT2D eigenvalue weighted by Gasteiger charge is -2.10. The van der Waals surface area contributed by atoms with Gasteiger partial charge in [0.2, 0.25) is 0 Å². The summed E-state index contributed by atoms with van der Waals surface area (Å²) in [4.78, 5) is 5.61. The van der Waals surface area contributed by atoms with E-state index in [9.17, 15) is 5.26 Å². The van der Waals surface area contributed by atoms with Crippen LogP contribution in [-0.2, 0) is 13.0 Å². The summed E-state index contributed by atoms with van der Waals surface area (Å²) in [5, 5.41) is 13.7. The smallest absolute Gasteiger partial charge is 0.161 e. The maximum absolute atomic E-state index is 9.43. The number of rotatable bonds is 9. The number of nitrogens with one attached hydrogen (secondary N) is 1. The molecule has 1 N–H and O–H groups in total. The molecule has 0 radical (unpaired) electrons. The van der Waals surface area contributed by atoms with Gasteiger partial charge < -0.3 is 14.8 Å². The van der Waals surface area contributed by atoms with E-state index < -0.39 is 0 Å². The Balaban J connectivity index is 2.06. The first-order chi connectivity index (χ1) is 13.1. The fraction of sp³-hybridized carbons (Fsp3) is 0.333. The van der Waals surface area contributed by atoms with Crippen molar-refractivity contribution < 1.29 is 9.47 Å². The molecule has 142 valence electrons. The van der Waals surface area contributed by atoms with Crippen molar-refractivity contribution >= 4 is 22.6 Å². The third kappa shape index (κ3) is 5.87. The van der Waals surface area contributed by atoms with Gasteiger partial charge in [-0.1, -0.05) is 12.1 Å². The van der Waals surface area contributed by atoms with Crippen LogP contribution in [0, 0.1) is 11.3 Å². The zero-order valence-electron chi connectivity index (χ0n) is 16.2. The molecule has 0 spiro atoms. The predicted molar refractivity (Wildman–Crippen MR) is 112 cm³/mol. The quantitative estimate of drug-likeness (QED) is 0.630. The summed E-state index contributed by atoms with van der Waals surface area (Å²) in [6, 6.07) is 10.2. The number of aliphatic imine (C=N–C) groups is 1. The Labute approximate surface area is 165 Å². The van der Waals surface area contributed by atoms with Crippen LogP contribution in [-0.4, -0.2) is 26.5 Å². The summed E-state index contributed by atoms with van der Waals surface area (Å²) >= 11 is 1.61. The van der Waals surface area contributed by atoms with E-state index in [1.807, 2.05) is 49.6 Å². The molecule has 0 aliphatic heterocycles. The summed E-state index contributed by atoms with van der Waals surface area (Å²) in [6.45, 7) is 4.64. The lowest BCUT2D eigenvalue weighted by Crippen LogP contribution is -2.01. The average molecular weight is 384 g/mol. The first-order valence-electron chi connectivity index (χ1n) is 8.73. The molecular formula is C21H25N3O2S. The first kappa shape index (κ1) is 20.5. The van der Waals surface area contributed by atoms with Gasteiger partial charge in [-0.05, 0) is 43.7 Å². The highest BCUT2D eigenvalue weighted by atomic mass is 32.1. The number of anilines is 1. The first-order valence-corrected chi connectivity index (χ1v) is 9.55. The summed E-state index contributed by atoms with van der Waals surface area (Å²) in [7, 11) is 3.24. The van der Waals surface area contributed by atoms with Gasteiger partial charge in [-0.15, -0.1) is 11.3 Å². The van der Waals surface area contributed by atoms with E-state index >= 15 is 0 Å². The monoisotopic (exact) mass is 383 g/mol. The van der Waals surface area contributed by atoms with Crippen molar-refractivity contribution in [3.05, 3.63) is 52.4 Å². The lowest BCUT2D eigenvalue weighted by atomic mass is 10.2. The average Bonchev–Trinajstić information content (AvgIpc) is 3.07. The van der Waals surface area contributed by atoms with Gasteiger partial charge in [0.15, 0.2) is 11.5 Å². The van der Waals surface area contributed by atoms with Gasteiger partial charge in [-0.3, -0.25) is 4.99 Å². The van der Waals surface area contributed by atoms with Crippen molar-refractivity contribution in [2.45, 2.75) is 32.9 Å². The van der Waals surface area contributed by atoms with Crippen molar-refractivity contribution in [1.82, 2.24) is 0 Å². The van der Waals surface area contributed by atoms with Gasteiger partial charge >= 0.3 is 0 Å². The topological polar surface area (TPSA) is 66.6 Å². The van der Waals surface area contributed by atoms with Crippen molar-refractivity contribution in [3.8, 4) is 17.6 Å². The fourth-order valence-corrected chi connectivity index (χ4v) is 3.68. The molecule has 1 heterocycles. The van der Waals surface area contributed by atoms with E-state index in [-0.39, 0.29) is 6.04 Å². The van der Waals surface area contributed by atoms with Gasteiger partial charge in [0, 0.05) is 24.1 Å². The van der Waals surface area contributed by atoms with Gasteiger partial charge in [-0.2, -0.15) is 5.26 Å². The molecule has 0 saturated heterocycles. The van der Waals surface area contributed by atoms with Crippen LogP contribution in [0.3, 0.4) is 0 Å². The van der Waals surface area contributed by atoms with Crippen molar-refractivity contribution in [2.24, 2.45) is 4.99 Å². The minimum Gasteiger partial charge on any atom is -0.493 e. The number of hydrogen-bond acceptors (Lipinski definition) is 6. The second kappa shape index (κ2) is 10.4. The Morgan fingerprint density at radius 2 is 2.04 bits per heavy atom. The third-order valence-electron chi connectivity index (χ3n) is 3.92. The van der Waals surface area contributed by atoms with Crippen LogP contribution < -0.4 is 14.8 Å². The molecule has 2 aromatic rings. The largest absolute Gasteiger partial charge is 0.493 e. The predicted octanol–water partition coefficient (Wildman–Crippen LogP) is 4.83. The van der Waals surface area contributed by atoms with E-state index in [4.69, 9.17) is 9.47 Å². The van der Waals surface area contributed by atoms with Crippen LogP contribution >= 0.6 is 11.3 Å². The number of benzene rings is 1. The van der Waals surface area contributed by atoms with E-state index in [2.05, 4.69) is 23.3 Å². The molecule has 0 fully saturated rings. The normalized spacial score (nSPS) is 12.3. The molecule has 27 heavy (non-hydrogen) atoms. The number of thiophene rings is 1.